The Morgan fingerprint density at radius 2 is 1.87 bits per heavy atom. The molecule has 114 valence electrons. The number of rotatable bonds is 2. The molecule has 0 aliphatic carbocycles. The van der Waals surface area contributed by atoms with Crippen LogP contribution < -0.4 is 5.56 Å². The Morgan fingerprint density at radius 3 is 2.61 bits per heavy atom. The van der Waals surface area contributed by atoms with E-state index in [1.807, 2.05) is 66.0 Å². The van der Waals surface area contributed by atoms with E-state index in [1.54, 1.807) is 4.57 Å². The van der Waals surface area contributed by atoms with E-state index in [0.717, 1.165) is 26.9 Å². The van der Waals surface area contributed by atoms with E-state index >= 15 is 0 Å². The highest BCUT2D eigenvalue weighted by Crippen LogP contribution is 2.23. The van der Waals surface area contributed by atoms with E-state index in [2.05, 4.69) is 15.9 Å². The van der Waals surface area contributed by atoms with Crippen LogP contribution in [0.2, 0.25) is 0 Å². The van der Waals surface area contributed by atoms with Gasteiger partial charge in [-0.3, -0.25) is 9.36 Å². The number of halogens is 1. The van der Waals surface area contributed by atoms with Gasteiger partial charge in [-0.1, -0.05) is 46.3 Å². The van der Waals surface area contributed by atoms with Crippen LogP contribution in [-0.2, 0) is 6.54 Å². The van der Waals surface area contributed by atoms with Crippen molar-refractivity contribution in [3.05, 3.63) is 69.4 Å². The summed E-state index contributed by atoms with van der Waals surface area (Å²) in [7, 11) is 0. The van der Waals surface area contributed by atoms with Crippen LogP contribution in [0.25, 0.3) is 27.8 Å². The molecule has 0 spiro atoms. The lowest BCUT2D eigenvalue weighted by Gasteiger charge is -2.08. The molecular formula is C18H14BrN3O. The molecule has 0 atom stereocenters. The average Bonchev–Trinajstić information content (AvgIpc) is 3.01. The summed E-state index contributed by atoms with van der Waals surface area (Å²) in [4.78, 5) is 12.7. The normalized spacial score (nSPS) is 11.4. The molecule has 0 bridgehead atoms. The lowest BCUT2D eigenvalue weighted by Crippen LogP contribution is -2.22. The van der Waals surface area contributed by atoms with Crippen molar-refractivity contribution in [2.75, 3.05) is 0 Å². The van der Waals surface area contributed by atoms with E-state index in [0.29, 0.717) is 11.9 Å². The minimum atomic E-state index is 0.0158. The molecule has 4 rings (SSSR count). The summed E-state index contributed by atoms with van der Waals surface area (Å²) >= 11 is 3.48. The van der Waals surface area contributed by atoms with Gasteiger partial charge in [0, 0.05) is 22.6 Å². The molecular weight excluding hydrogens is 354 g/mol. The van der Waals surface area contributed by atoms with Gasteiger partial charge in [-0.05, 0) is 25.1 Å². The van der Waals surface area contributed by atoms with Gasteiger partial charge >= 0.3 is 0 Å². The number of aryl methyl sites for hydroxylation is 1. The zero-order valence-corrected chi connectivity index (χ0v) is 14.1. The summed E-state index contributed by atoms with van der Waals surface area (Å²) < 4.78 is 4.54. The molecule has 2 aromatic heterocycles. The quantitative estimate of drug-likeness (QED) is 0.535. The lowest BCUT2D eigenvalue weighted by molar-refractivity contribution is 0.738. The fraction of sp³-hybridized carbons (Fsp3) is 0.111. The van der Waals surface area contributed by atoms with Crippen molar-refractivity contribution >= 4 is 32.5 Å². The summed E-state index contributed by atoms with van der Waals surface area (Å²) in [5, 5.41) is 5.41. The summed E-state index contributed by atoms with van der Waals surface area (Å²) in [5.74, 6) is 0. The van der Waals surface area contributed by atoms with Crippen LogP contribution in [0.5, 0.6) is 0 Å². The Labute approximate surface area is 141 Å². The molecule has 23 heavy (non-hydrogen) atoms. The molecule has 0 fully saturated rings. The van der Waals surface area contributed by atoms with Crippen molar-refractivity contribution in [1.29, 1.82) is 0 Å². The van der Waals surface area contributed by atoms with Gasteiger partial charge in [0.2, 0.25) is 0 Å². The fourth-order valence-electron chi connectivity index (χ4n) is 2.91. The van der Waals surface area contributed by atoms with E-state index in [4.69, 9.17) is 5.10 Å². The first kappa shape index (κ1) is 14.2. The topological polar surface area (TPSA) is 39.3 Å². The Hall–Kier alpha value is -2.40. The first-order chi connectivity index (χ1) is 11.2. The number of fused-ring (bicyclic) bond motifs is 3. The van der Waals surface area contributed by atoms with Crippen molar-refractivity contribution in [3.8, 4) is 11.3 Å². The van der Waals surface area contributed by atoms with Gasteiger partial charge in [0.05, 0.1) is 16.6 Å². The van der Waals surface area contributed by atoms with Gasteiger partial charge in [0.1, 0.15) is 5.65 Å². The highest BCUT2D eigenvalue weighted by atomic mass is 79.9. The van der Waals surface area contributed by atoms with E-state index in [-0.39, 0.29) is 5.56 Å². The lowest BCUT2D eigenvalue weighted by atomic mass is 10.2. The number of hydrogen-bond donors (Lipinski definition) is 0. The van der Waals surface area contributed by atoms with Crippen LogP contribution in [0, 0.1) is 0 Å². The molecule has 0 aliphatic heterocycles. The molecule has 0 amide bonds. The SMILES string of the molecule is CCn1c(=O)c2ccc(Br)cc2n2nc(-c3ccccc3)cc12. The third kappa shape index (κ3) is 2.19. The van der Waals surface area contributed by atoms with Crippen LogP contribution >= 0.6 is 15.9 Å². The van der Waals surface area contributed by atoms with Crippen LogP contribution in [0.3, 0.4) is 0 Å². The second kappa shape index (κ2) is 5.35. The number of hydrogen-bond acceptors (Lipinski definition) is 2. The highest BCUT2D eigenvalue weighted by molar-refractivity contribution is 9.10. The predicted molar refractivity (Wildman–Crippen MR) is 95.8 cm³/mol. The second-order valence-corrected chi connectivity index (χ2v) is 6.29. The molecule has 0 radical (unpaired) electrons. The summed E-state index contributed by atoms with van der Waals surface area (Å²) in [5.41, 5.74) is 3.53. The van der Waals surface area contributed by atoms with Crippen molar-refractivity contribution in [1.82, 2.24) is 14.2 Å². The van der Waals surface area contributed by atoms with Crippen LogP contribution in [0.1, 0.15) is 6.92 Å². The van der Waals surface area contributed by atoms with Gasteiger partial charge in [0.25, 0.3) is 5.56 Å². The van der Waals surface area contributed by atoms with Gasteiger partial charge in [-0.15, -0.1) is 0 Å². The Morgan fingerprint density at radius 1 is 1.09 bits per heavy atom. The number of aromatic nitrogens is 3. The molecule has 0 aliphatic rings. The van der Waals surface area contributed by atoms with E-state index < -0.39 is 0 Å². The molecule has 4 nitrogen and oxygen atoms in total. The van der Waals surface area contributed by atoms with E-state index in [9.17, 15) is 4.79 Å². The molecule has 4 aromatic rings. The monoisotopic (exact) mass is 367 g/mol. The molecule has 0 saturated heterocycles. The van der Waals surface area contributed by atoms with Crippen LogP contribution in [0.4, 0.5) is 0 Å². The third-order valence-corrected chi connectivity index (χ3v) is 4.51. The molecule has 0 N–H and O–H groups in total. The smallest absolute Gasteiger partial charge is 0.261 e. The van der Waals surface area contributed by atoms with E-state index in [1.165, 1.54) is 0 Å². The summed E-state index contributed by atoms with van der Waals surface area (Å²) in [6, 6.07) is 17.6. The second-order valence-electron chi connectivity index (χ2n) is 5.38. The fourth-order valence-corrected chi connectivity index (χ4v) is 3.26. The van der Waals surface area contributed by atoms with Crippen LogP contribution in [0.15, 0.2) is 63.9 Å². The minimum Gasteiger partial charge on any atom is -0.293 e. The summed E-state index contributed by atoms with van der Waals surface area (Å²) in [6.07, 6.45) is 0. The maximum absolute atomic E-state index is 12.7. The van der Waals surface area contributed by atoms with Gasteiger partial charge in [-0.2, -0.15) is 5.10 Å². The molecule has 0 unspecified atom stereocenters. The minimum absolute atomic E-state index is 0.0158. The predicted octanol–water partition coefficient (Wildman–Crippen LogP) is 4.10. The van der Waals surface area contributed by atoms with Gasteiger partial charge in [0.15, 0.2) is 0 Å². The van der Waals surface area contributed by atoms with Crippen molar-refractivity contribution < 1.29 is 0 Å². The third-order valence-electron chi connectivity index (χ3n) is 4.02. The van der Waals surface area contributed by atoms with Crippen molar-refractivity contribution in [2.24, 2.45) is 0 Å². The maximum atomic E-state index is 12.7. The van der Waals surface area contributed by atoms with Gasteiger partial charge in [-0.25, -0.2) is 4.52 Å². The van der Waals surface area contributed by atoms with Crippen molar-refractivity contribution in [3.63, 3.8) is 0 Å². The largest absolute Gasteiger partial charge is 0.293 e. The highest BCUT2D eigenvalue weighted by Gasteiger charge is 2.14. The average molecular weight is 368 g/mol. The standard InChI is InChI=1S/C18H14BrN3O/c1-2-21-17-11-15(12-6-4-3-5-7-12)20-22(17)16-10-13(19)8-9-14(16)18(21)23/h3-11H,2H2,1H3. The molecule has 2 heterocycles. The number of benzene rings is 2. The Balaban J connectivity index is 2.16. The molecule has 0 saturated carbocycles. The number of nitrogens with zero attached hydrogens (tertiary/aromatic N) is 3. The van der Waals surface area contributed by atoms with Crippen LogP contribution in [-0.4, -0.2) is 14.2 Å². The first-order valence-corrected chi connectivity index (χ1v) is 8.25. The first-order valence-electron chi connectivity index (χ1n) is 7.46. The zero-order valence-electron chi connectivity index (χ0n) is 12.5. The van der Waals surface area contributed by atoms with Gasteiger partial charge < -0.3 is 0 Å². The maximum Gasteiger partial charge on any atom is 0.261 e. The zero-order chi connectivity index (χ0) is 16.0. The van der Waals surface area contributed by atoms with Crippen molar-refractivity contribution in [2.45, 2.75) is 13.5 Å². The molecule has 5 heteroatoms. The summed E-state index contributed by atoms with van der Waals surface area (Å²) in [6.45, 7) is 2.58. The Bertz CT molecular complexity index is 1080. The molecule has 2 aromatic carbocycles. The Kier molecular flexibility index (Phi) is 3.31.